The van der Waals surface area contributed by atoms with Gasteiger partial charge in [0.25, 0.3) is 0 Å². The van der Waals surface area contributed by atoms with Gasteiger partial charge in [-0.25, -0.2) is 4.39 Å². The van der Waals surface area contributed by atoms with E-state index in [1.807, 2.05) is 19.2 Å². The highest BCUT2D eigenvalue weighted by Gasteiger charge is 2.22. The molecule has 2 rings (SSSR count). The molecule has 0 fully saturated rings. The van der Waals surface area contributed by atoms with Crippen molar-refractivity contribution in [3.63, 3.8) is 0 Å². The highest BCUT2D eigenvalue weighted by molar-refractivity contribution is 6.02. The summed E-state index contributed by atoms with van der Waals surface area (Å²) in [6.45, 7) is 4.20. The number of hydrogen-bond acceptors (Lipinski definition) is 3. The van der Waals surface area contributed by atoms with Crippen LogP contribution in [0.3, 0.4) is 0 Å². The summed E-state index contributed by atoms with van der Waals surface area (Å²) in [4.78, 5) is 16.9. The fourth-order valence-electron chi connectivity index (χ4n) is 3.78. The van der Waals surface area contributed by atoms with Crippen LogP contribution in [0, 0.1) is 0 Å². The molecule has 0 bridgehead atoms. The van der Waals surface area contributed by atoms with Crippen molar-refractivity contribution < 1.29 is 14.3 Å². The van der Waals surface area contributed by atoms with Crippen LogP contribution in [0.25, 0.3) is 11.3 Å². The van der Waals surface area contributed by atoms with Crippen LogP contribution in [-0.2, 0) is 6.42 Å². The number of nitrogens with zero attached hydrogens (tertiary/aromatic N) is 1. The fourth-order valence-corrected chi connectivity index (χ4v) is 3.78. The van der Waals surface area contributed by atoms with Crippen molar-refractivity contribution in [3.8, 4) is 17.0 Å². The number of pyridine rings is 1. The van der Waals surface area contributed by atoms with Crippen LogP contribution in [0.2, 0.25) is 0 Å². The zero-order valence-electron chi connectivity index (χ0n) is 19.2. The molecule has 0 saturated heterocycles. The highest BCUT2D eigenvalue weighted by atomic mass is 19.1. The van der Waals surface area contributed by atoms with Gasteiger partial charge in [-0.05, 0) is 49.1 Å². The Bertz CT molecular complexity index is 788. The minimum Gasteiger partial charge on any atom is -0.507 e. The second-order valence-electron chi connectivity index (χ2n) is 8.48. The van der Waals surface area contributed by atoms with E-state index in [2.05, 4.69) is 18.0 Å². The van der Waals surface area contributed by atoms with Crippen molar-refractivity contribution in [2.45, 2.75) is 97.1 Å². The van der Waals surface area contributed by atoms with Gasteiger partial charge in [-0.2, -0.15) is 0 Å². The Morgan fingerprint density at radius 2 is 1.61 bits per heavy atom. The van der Waals surface area contributed by atoms with Gasteiger partial charge in [0.15, 0.2) is 6.17 Å². The maximum Gasteiger partial charge on any atom is 0.200 e. The van der Waals surface area contributed by atoms with Crippen LogP contribution in [-0.4, -0.2) is 22.0 Å². The number of Topliss-reactive ketones (excluding diaryl/α,β-unsaturated/α-hetero) is 1. The number of unbranched alkanes of at least 4 members (excludes halogenated alkanes) is 8. The predicted octanol–water partition coefficient (Wildman–Crippen LogP) is 7.85. The lowest BCUT2D eigenvalue weighted by Gasteiger charge is -2.10. The number of phenolic OH excluding ortho intramolecular Hbond substituents is 1. The number of aromatic hydroxyl groups is 1. The molecule has 1 N–H and O–H groups in total. The zero-order chi connectivity index (χ0) is 22.5. The summed E-state index contributed by atoms with van der Waals surface area (Å²) in [6.07, 6.45) is 13.4. The topological polar surface area (TPSA) is 50.2 Å². The zero-order valence-corrected chi connectivity index (χ0v) is 19.2. The molecule has 0 aliphatic carbocycles. The van der Waals surface area contributed by atoms with Crippen molar-refractivity contribution in [2.75, 3.05) is 0 Å². The van der Waals surface area contributed by atoms with E-state index in [0.29, 0.717) is 12.0 Å². The molecular weight excluding hydrogens is 389 g/mol. The molecule has 2 aromatic rings. The van der Waals surface area contributed by atoms with Gasteiger partial charge in [-0.3, -0.25) is 9.78 Å². The molecule has 1 heterocycles. The lowest BCUT2D eigenvalue weighted by Crippen LogP contribution is -2.16. The second kappa shape index (κ2) is 14.0. The van der Waals surface area contributed by atoms with E-state index in [9.17, 15) is 14.3 Å². The minimum absolute atomic E-state index is 0.0333. The van der Waals surface area contributed by atoms with Crippen molar-refractivity contribution in [2.24, 2.45) is 0 Å². The van der Waals surface area contributed by atoms with Gasteiger partial charge in [0.2, 0.25) is 5.78 Å². The minimum atomic E-state index is -1.58. The molecule has 1 aromatic carbocycles. The van der Waals surface area contributed by atoms with Gasteiger partial charge in [0.05, 0.1) is 11.3 Å². The van der Waals surface area contributed by atoms with E-state index in [1.54, 1.807) is 12.1 Å². The summed E-state index contributed by atoms with van der Waals surface area (Å²) in [7, 11) is 0. The number of hydrogen-bond donors (Lipinski definition) is 1. The van der Waals surface area contributed by atoms with Crippen LogP contribution in [0.5, 0.6) is 5.75 Å². The SMILES string of the molecule is CCCCCCCCCCc1ccc(-c2ccc(O)c(C(=O)[C@@H](F)CCCC)c2)nc1. The Morgan fingerprint density at radius 1 is 0.935 bits per heavy atom. The molecule has 0 spiro atoms. The molecule has 0 unspecified atom stereocenters. The number of halogens is 1. The quantitative estimate of drug-likeness (QED) is 0.232. The number of carbonyl (C=O) groups excluding carboxylic acids is 1. The first-order valence-electron chi connectivity index (χ1n) is 12.0. The van der Waals surface area contributed by atoms with E-state index in [1.165, 1.54) is 63.0 Å². The van der Waals surface area contributed by atoms with Gasteiger partial charge >= 0.3 is 0 Å². The molecule has 0 aliphatic rings. The Balaban J connectivity index is 1.90. The molecule has 1 atom stereocenters. The molecule has 0 saturated carbocycles. The van der Waals surface area contributed by atoms with E-state index >= 15 is 0 Å². The van der Waals surface area contributed by atoms with Gasteiger partial charge in [-0.15, -0.1) is 0 Å². The predicted molar refractivity (Wildman–Crippen MR) is 126 cm³/mol. The summed E-state index contributed by atoms with van der Waals surface area (Å²) >= 11 is 0. The summed E-state index contributed by atoms with van der Waals surface area (Å²) in [5.41, 5.74) is 2.67. The van der Waals surface area contributed by atoms with Crippen LogP contribution in [0.1, 0.15) is 100 Å². The first-order chi connectivity index (χ1) is 15.1. The molecule has 4 heteroatoms. The lowest BCUT2D eigenvalue weighted by molar-refractivity contribution is 0.0864. The van der Waals surface area contributed by atoms with E-state index in [0.717, 1.165) is 18.5 Å². The number of aromatic nitrogens is 1. The van der Waals surface area contributed by atoms with Crippen molar-refractivity contribution in [3.05, 3.63) is 47.7 Å². The van der Waals surface area contributed by atoms with E-state index < -0.39 is 12.0 Å². The summed E-state index contributed by atoms with van der Waals surface area (Å²) in [5.74, 6) is -0.835. The Labute approximate surface area is 187 Å². The highest BCUT2D eigenvalue weighted by Crippen LogP contribution is 2.27. The van der Waals surface area contributed by atoms with E-state index in [-0.39, 0.29) is 17.7 Å². The molecule has 0 radical (unpaired) electrons. The Morgan fingerprint density at radius 3 is 2.26 bits per heavy atom. The van der Waals surface area contributed by atoms with Crippen molar-refractivity contribution in [1.29, 1.82) is 0 Å². The average molecular weight is 428 g/mol. The Kier molecular flexibility index (Phi) is 11.3. The van der Waals surface area contributed by atoms with Crippen LogP contribution < -0.4 is 0 Å². The van der Waals surface area contributed by atoms with Gasteiger partial charge in [0.1, 0.15) is 5.75 Å². The number of carbonyl (C=O) groups is 1. The number of alkyl halides is 1. The summed E-state index contributed by atoms with van der Waals surface area (Å²) in [6, 6.07) is 8.72. The second-order valence-corrected chi connectivity index (χ2v) is 8.48. The van der Waals surface area contributed by atoms with Gasteiger partial charge < -0.3 is 5.11 Å². The first-order valence-corrected chi connectivity index (χ1v) is 12.0. The number of rotatable bonds is 15. The maximum atomic E-state index is 14.2. The van der Waals surface area contributed by atoms with Crippen LogP contribution in [0.15, 0.2) is 36.5 Å². The van der Waals surface area contributed by atoms with Crippen molar-refractivity contribution in [1.82, 2.24) is 4.98 Å². The standard InChI is InChI=1S/C27H38FNO2/c1-3-5-7-8-9-10-11-12-13-21-15-17-25(29-20-21)22-16-18-26(30)23(19-22)27(31)24(28)14-6-4-2/h15-20,24,30H,3-14H2,1-2H3/t24-/m0/s1. The molecule has 1 aromatic heterocycles. The average Bonchev–Trinajstić information content (AvgIpc) is 2.79. The molecule has 0 aliphatic heterocycles. The molecule has 0 amide bonds. The smallest absolute Gasteiger partial charge is 0.200 e. The van der Waals surface area contributed by atoms with Crippen molar-refractivity contribution >= 4 is 5.78 Å². The third kappa shape index (κ3) is 8.43. The van der Waals surface area contributed by atoms with Crippen LogP contribution >= 0.6 is 0 Å². The Hall–Kier alpha value is -2.23. The molecular formula is C27H38FNO2. The van der Waals surface area contributed by atoms with Gasteiger partial charge in [0, 0.05) is 11.8 Å². The largest absolute Gasteiger partial charge is 0.507 e. The van der Waals surface area contributed by atoms with Crippen LogP contribution in [0.4, 0.5) is 4.39 Å². The number of phenols is 1. The summed E-state index contributed by atoms with van der Waals surface area (Å²) in [5, 5.41) is 10.1. The fraction of sp³-hybridized carbons (Fsp3) is 0.556. The third-order valence-corrected chi connectivity index (χ3v) is 5.80. The first kappa shape index (κ1) is 25.0. The normalized spacial score (nSPS) is 12.1. The van der Waals surface area contributed by atoms with E-state index in [4.69, 9.17) is 0 Å². The molecule has 170 valence electrons. The number of ketones is 1. The molecule has 3 nitrogen and oxygen atoms in total. The number of benzene rings is 1. The summed E-state index contributed by atoms with van der Waals surface area (Å²) < 4.78 is 14.2. The third-order valence-electron chi connectivity index (χ3n) is 5.80. The maximum absolute atomic E-state index is 14.2. The monoisotopic (exact) mass is 427 g/mol. The van der Waals surface area contributed by atoms with Gasteiger partial charge in [-0.1, -0.05) is 77.7 Å². The lowest BCUT2D eigenvalue weighted by atomic mass is 9.98. The number of aryl methyl sites for hydroxylation is 1. The molecule has 31 heavy (non-hydrogen) atoms.